The first kappa shape index (κ1) is 17.6. The molecule has 0 fully saturated rings. The molecule has 2 atom stereocenters. The second kappa shape index (κ2) is 7.81. The molecule has 1 amide bonds. The normalized spacial score (nSPS) is 17.6. The zero-order chi connectivity index (χ0) is 17.8. The standard InChI is InChI=1S/C21H27N3O/c1-14-4-2-5-15(10-14)12-19(23)21(25)24-20-7-3-6-17-11-16(13-22)8-9-18(17)20/h2,4-5,8-11,19-20H,3,6-7,12-13,22-23H2,1H3,(H,24,25). The lowest BCUT2D eigenvalue weighted by Crippen LogP contribution is -2.44. The number of hydrogen-bond acceptors (Lipinski definition) is 3. The third-order valence-corrected chi connectivity index (χ3v) is 4.95. The van der Waals surface area contributed by atoms with Gasteiger partial charge < -0.3 is 16.8 Å². The van der Waals surface area contributed by atoms with Crippen LogP contribution in [0.1, 0.15) is 46.7 Å². The largest absolute Gasteiger partial charge is 0.348 e. The number of benzene rings is 2. The average Bonchev–Trinajstić information content (AvgIpc) is 2.61. The highest BCUT2D eigenvalue weighted by atomic mass is 16.2. The van der Waals surface area contributed by atoms with Crippen LogP contribution in [0.5, 0.6) is 0 Å². The molecule has 2 unspecified atom stereocenters. The summed E-state index contributed by atoms with van der Waals surface area (Å²) in [5.74, 6) is -0.0812. The molecule has 4 nitrogen and oxygen atoms in total. The summed E-state index contributed by atoms with van der Waals surface area (Å²) in [5.41, 5.74) is 17.8. The minimum atomic E-state index is -0.532. The highest BCUT2D eigenvalue weighted by molar-refractivity contribution is 5.82. The van der Waals surface area contributed by atoms with E-state index in [-0.39, 0.29) is 11.9 Å². The van der Waals surface area contributed by atoms with Gasteiger partial charge in [-0.3, -0.25) is 4.79 Å². The maximum Gasteiger partial charge on any atom is 0.237 e. The maximum absolute atomic E-state index is 12.6. The lowest BCUT2D eigenvalue weighted by Gasteiger charge is -2.28. The van der Waals surface area contributed by atoms with Crippen LogP contribution >= 0.6 is 0 Å². The van der Waals surface area contributed by atoms with Crippen LogP contribution in [0.25, 0.3) is 0 Å². The van der Waals surface area contributed by atoms with Crippen molar-refractivity contribution in [3.63, 3.8) is 0 Å². The molecule has 0 aromatic heterocycles. The van der Waals surface area contributed by atoms with Gasteiger partial charge >= 0.3 is 0 Å². The molecule has 25 heavy (non-hydrogen) atoms. The molecule has 0 heterocycles. The number of hydrogen-bond donors (Lipinski definition) is 3. The Labute approximate surface area is 149 Å². The third kappa shape index (κ3) is 4.27. The predicted octanol–water partition coefficient (Wildman–Crippen LogP) is 2.52. The Balaban J connectivity index is 1.67. The van der Waals surface area contributed by atoms with Gasteiger partial charge in [0.2, 0.25) is 5.91 Å². The summed E-state index contributed by atoms with van der Waals surface area (Å²) < 4.78 is 0. The molecule has 0 spiro atoms. The van der Waals surface area contributed by atoms with Gasteiger partial charge in [0, 0.05) is 6.54 Å². The molecule has 0 saturated carbocycles. The van der Waals surface area contributed by atoms with Crippen molar-refractivity contribution in [2.45, 2.75) is 51.2 Å². The van der Waals surface area contributed by atoms with Crippen LogP contribution in [0.4, 0.5) is 0 Å². The first-order chi connectivity index (χ1) is 12.1. The Morgan fingerprint density at radius 1 is 1.24 bits per heavy atom. The Morgan fingerprint density at radius 3 is 2.84 bits per heavy atom. The van der Waals surface area contributed by atoms with Crippen LogP contribution in [0.15, 0.2) is 42.5 Å². The van der Waals surface area contributed by atoms with E-state index in [0.29, 0.717) is 13.0 Å². The van der Waals surface area contributed by atoms with Gasteiger partial charge in [0.1, 0.15) is 0 Å². The zero-order valence-corrected chi connectivity index (χ0v) is 14.8. The number of rotatable bonds is 5. The highest BCUT2D eigenvalue weighted by Gasteiger charge is 2.24. The minimum absolute atomic E-state index is 0.0478. The zero-order valence-electron chi connectivity index (χ0n) is 14.8. The fraction of sp³-hybridized carbons (Fsp3) is 0.381. The summed E-state index contributed by atoms with van der Waals surface area (Å²) >= 11 is 0. The second-order valence-electron chi connectivity index (χ2n) is 6.99. The molecule has 5 N–H and O–H groups in total. The molecule has 0 bridgehead atoms. The summed E-state index contributed by atoms with van der Waals surface area (Å²) in [4.78, 5) is 12.6. The molecular formula is C21H27N3O. The SMILES string of the molecule is Cc1cccc(CC(N)C(=O)NC2CCCc3cc(CN)ccc32)c1. The van der Waals surface area contributed by atoms with E-state index in [4.69, 9.17) is 11.5 Å². The Kier molecular flexibility index (Phi) is 5.51. The van der Waals surface area contributed by atoms with E-state index < -0.39 is 6.04 Å². The van der Waals surface area contributed by atoms with Crippen molar-refractivity contribution in [3.8, 4) is 0 Å². The lowest BCUT2D eigenvalue weighted by molar-refractivity contribution is -0.123. The molecule has 1 aliphatic carbocycles. The van der Waals surface area contributed by atoms with E-state index in [1.807, 2.05) is 25.1 Å². The molecule has 2 aromatic carbocycles. The van der Waals surface area contributed by atoms with E-state index in [0.717, 1.165) is 30.4 Å². The molecule has 3 rings (SSSR count). The van der Waals surface area contributed by atoms with Crippen LogP contribution in [0, 0.1) is 6.92 Å². The van der Waals surface area contributed by atoms with E-state index in [1.165, 1.54) is 16.7 Å². The molecule has 1 aliphatic rings. The predicted molar refractivity (Wildman–Crippen MR) is 101 cm³/mol. The van der Waals surface area contributed by atoms with Gasteiger partial charge in [0.25, 0.3) is 0 Å². The topological polar surface area (TPSA) is 81.1 Å². The van der Waals surface area contributed by atoms with Crippen LogP contribution in [0.3, 0.4) is 0 Å². The van der Waals surface area contributed by atoms with Crippen LogP contribution in [-0.4, -0.2) is 11.9 Å². The fourth-order valence-electron chi connectivity index (χ4n) is 3.61. The third-order valence-electron chi connectivity index (χ3n) is 4.95. The van der Waals surface area contributed by atoms with Crippen molar-refractivity contribution in [1.82, 2.24) is 5.32 Å². The highest BCUT2D eigenvalue weighted by Crippen LogP contribution is 2.30. The second-order valence-corrected chi connectivity index (χ2v) is 6.99. The Bertz CT molecular complexity index is 757. The summed E-state index contributed by atoms with van der Waals surface area (Å²) in [6.07, 6.45) is 3.63. The molecule has 4 heteroatoms. The molecule has 0 aliphatic heterocycles. The van der Waals surface area contributed by atoms with Crippen LogP contribution in [0.2, 0.25) is 0 Å². The van der Waals surface area contributed by atoms with Crippen molar-refractivity contribution in [2.24, 2.45) is 11.5 Å². The quantitative estimate of drug-likeness (QED) is 0.784. The van der Waals surface area contributed by atoms with Crippen molar-refractivity contribution >= 4 is 5.91 Å². The van der Waals surface area contributed by atoms with E-state index in [1.54, 1.807) is 0 Å². The van der Waals surface area contributed by atoms with Gasteiger partial charge in [-0.15, -0.1) is 0 Å². The first-order valence-corrected chi connectivity index (χ1v) is 9.00. The lowest BCUT2D eigenvalue weighted by atomic mass is 9.86. The van der Waals surface area contributed by atoms with E-state index in [9.17, 15) is 4.79 Å². The number of amides is 1. The molecule has 0 radical (unpaired) electrons. The van der Waals surface area contributed by atoms with Crippen molar-refractivity contribution in [3.05, 3.63) is 70.3 Å². The summed E-state index contributed by atoms with van der Waals surface area (Å²) in [5, 5.41) is 3.15. The molecular weight excluding hydrogens is 310 g/mol. The van der Waals surface area contributed by atoms with Gasteiger partial charge in [0.15, 0.2) is 0 Å². The summed E-state index contributed by atoms with van der Waals surface area (Å²) in [6, 6.07) is 14.0. The van der Waals surface area contributed by atoms with E-state index in [2.05, 4.69) is 29.6 Å². The number of nitrogens with one attached hydrogen (secondary N) is 1. The summed E-state index contributed by atoms with van der Waals surface area (Å²) in [6.45, 7) is 2.59. The average molecular weight is 337 g/mol. The fourth-order valence-corrected chi connectivity index (χ4v) is 3.61. The minimum Gasteiger partial charge on any atom is -0.348 e. The van der Waals surface area contributed by atoms with Crippen molar-refractivity contribution < 1.29 is 4.79 Å². The maximum atomic E-state index is 12.6. The molecule has 0 saturated heterocycles. The molecule has 132 valence electrons. The van der Waals surface area contributed by atoms with Gasteiger partial charge in [-0.05, 0) is 54.9 Å². The van der Waals surface area contributed by atoms with Gasteiger partial charge in [-0.25, -0.2) is 0 Å². The van der Waals surface area contributed by atoms with Crippen molar-refractivity contribution in [2.75, 3.05) is 0 Å². The van der Waals surface area contributed by atoms with Crippen molar-refractivity contribution in [1.29, 1.82) is 0 Å². The first-order valence-electron chi connectivity index (χ1n) is 9.00. The monoisotopic (exact) mass is 337 g/mol. The Hall–Kier alpha value is -2.17. The van der Waals surface area contributed by atoms with Crippen LogP contribution < -0.4 is 16.8 Å². The van der Waals surface area contributed by atoms with Gasteiger partial charge in [-0.2, -0.15) is 0 Å². The summed E-state index contributed by atoms with van der Waals surface area (Å²) in [7, 11) is 0. The number of carbonyl (C=O) groups excluding carboxylic acids is 1. The van der Waals surface area contributed by atoms with E-state index >= 15 is 0 Å². The molecule has 2 aromatic rings. The number of fused-ring (bicyclic) bond motifs is 1. The number of nitrogens with two attached hydrogens (primary N) is 2. The van der Waals surface area contributed by atoms with Gasteiger partial charge in [0.05, 0.1) is 12.1 Å². The number of aryl methyl sites for hydroxylation is 2. The number of carbonyl (C=O) groups is 1. The van der Waals surface area contributed by atoms with Crippen LogP contribution in [-0.2, 0) is 24.2 Å². The van der Waals surface area contributed by atoms with Gasteiger partial charge in [-0.1, -0.05) is 48.0 Å². The Morgan fingerprint density at radius 2 is 2.08 bits per heavy atom. The smallest absolute Gasteiger partial charge is 0.237 e.